The fourth-order valence-corrected chi connectivity index (χ4v) is 3.61. The zero-order valence-electron chi connectivity index (χ0n) is 16.3. The number of carbonyl (C=O) groups is 1. The molecule has 0 saturated heterocycles. The van der Waals surface area contributed by atoms with Gasteiger partial charge < -0.3 is 4.74 Å². The Morgan fingerprint density at radius 1 is 1.00 bits per heavy atom. The van der Waals surface area contributed by atoms with Gasteiger partial charge >= 0.3 is 5.97 Å². The molecule has 4 heteroatoms. The van der Waals surface area contributed by atoms with Crippen LogP contribution in [0.3, 0.4) is 0 Å². The molecule has 4 aromatic rings. The number of aromatic nitrogens is 2. The lowest BCUT2D eigenvalue weighted by Crippen LogP contribution is -2.03. The Bertz CT molecular complexity index is 1160. The Balaban J connectivity index is 1.86. The Morgan fingerprint density at radius 2 is 1.79 bits per heavy atom. The summed E-state index contributed by atoms with van der Waals surface area (Å²) >= 11 is 0. The molecule has 0 aliphatic heterocycles. The van der Waals surface area contributed by atoms with Crippen molar-refractivity contribution in [2.75, 3.05) is 7.11 Å². The Kier molecular flexibility index (Phi) is 4.70. The fraction of sp³-hybridized carbons (Fsp3) is 0.167. The molecule has 0 spiro atoms. The third-order valence-corrected chi connectivity index (χ3v) is 4.87. The molecule has 0 N–H and O–H groups in total. The lowest BCUT2D eigenvalue weighted by Gasteiger charge is -2.08. The van der Waals surface area contributed by atoms with E-state index in [-0.39, 0.29) is 5.97 Å². The van der Waals surface area contributed by atoms with E-state index in [9.17, 15) is 4.79 Å². The number of nitrogens with zero attached hydrogens (tertiary/aromatic N) is 2. The maximum atomic E-state index is 12.0. The molecule has 4 nitrogen and oxygen atoms in total. The van der Waals surface area contributed by atoms with Gasteiger partial charge in [0.15, 0.2) is 0 Å². The minimum Gasteiger partial charge on any atom is -0.465 e. The van der Waals surface area contributed by atoms with E-state index in [0.717, 1.165) is 39.0 Å². The molecule has 0 fully saturated rings. The number of carbonyl (C=O) groups excluding carboxylic acids is 1. The molecule has 0 aliphatic carbocycles. The summed E-state index contributed by atoms with van der Waals surface area (Å²) in [5.74, 6) is -0.316. The van der Waals surface area contributed by atoms with Gasteiger partial charge in [-0.25, -0.2) is 9.31 Å². The Morgan fingerprint density at radius 3 is 2.54 bits per heavy atom. The highest BCUT2D eigenvalue weighted by Gasteiger charge is 2.16. The van der Waals surface area contributed by atoms with Crippen molar-refractivity contribution in [1.82, 2.24) is 9.61 Å². The lowest BCUT2D eigenvalue weighted by molar-refractivity contribution is 0.0600. The summed E-state index contributed by atoms with van der Waals surface area (Å²) in [5.41, 5.74) is 8.10. The largest absolute Gasteiger partial charge is 0.465 e. The van der Waals surface area contributed by atoms with Crippen LogP contribution < -0.4 is 0 Å². The van der Waals surface area contributed by atoms with Crippen LogP contribution in [-0.4, -0.2) is 22.7 Å². The summed E-state index contributed by atoms with van der Waals surface area (Å²) in [7, 11) is 1.41. The number of benzene rings is 2. The molecule has 28 heavy (non-hydrogen) atoms. The maximum Gasteiger partial charge on any atom is 0.337 e. The van der Waals surface area contributed by atoms with Gasteiger partial charge in [-0.15, -0.1) is 0 Å². The van der Waals surface area contributed by atoms with Crippen LogP contribution in [0.2, 0.25) is 0 Å². The van der Waals surface area contributed by atoms with Gasteiger partial charge in [-0.3, -0.25) is 0 Å². The van der Waals surface area contributed by atoms with E-state index in [0.29, 0.717) is 12.0 Å². The maximum absolute atomic E-state index is 12.0. The monoisotopic (exact) mass is 370 g/mol. The molecule has 2 heterocycles. The SMILES string of the molecule is COC(=O)c1cc(C)cc(Cc2c(-c3ccccc3)nn3cc(C)ccc23)c1. The first-order valence-corrected chi connectivity index (χ1v) is 9.27. The van der Waals surface area contributed by atoms with Gasteiger partial charge in [0.2, 0.25) is 0 Å². The smallest absolute Gasteiger partial charge is 0.337 e. The van der Waals surface area contributed by atoms with Crippen molar-refractivity contribution in [3.63, 3.8) is 0 Å². The van der Waals surface area contributed by atoms with E-state index in [1.165, 1.54) is 7.11 Å². The van der Waals surface area contributed by atoms with Crippen molar-refractivity contribution in [3.05, 3.63) is 94.7 Å². The van der Waals surface area contributed by atoms with Crippen molar-refractivity contribution in [1.29, 1.82) is 0 Å². The van der Waals surface area contributed by atoms with Crippen molar-refractivity contribution in [2.45, 2.75) is 20.3 Å². The van der Waals surface area contributed by atoms with E-state index in [1.54, 1.807) is 0 Å². The van der Waals surface area contributed by atoms with Crippen LogP contribution in [-0.2, 0) is 11.2 Å². The van der Waals surface area contributed by atoms with Crippen LogP contribution in [0.25, 0.3) is 16.8 Å². The topological polar surface area (TPSA) is 43.6 Å². The normalized spacial score (nSPS) is 11.0. The third-order valence-electron chi connectivity index (χ3n) is 4.87. The van der Waals surface area contributed by atoms with E-state index in [1.807, 2.05) is 48.0 Å². The Labute approximate surface area is 164 Å². The van der Waals surface area contributed by atoms with E-state index >= 15 is 0 Å². The molecule has 140 valence electrons. The number of aryl methyl sites for hydroxylation is 2. The zero-order valence-corrected chi connectivity index (χ0v) is 16.3. The molecule has 0 saturated carbocycles. The number of ether oxygens (including phenoxy) is 1. The van der Waals surface area contributed by atoms with Crippen molar-refractivity contribution < 1.29 is 9.53 Å². The minimum absolute atomic E-state index is 0.316. The molecular weight excluding hydrogens is 348 g/mol. The zero-order chi connectivity index (χ0) is 19.7. The molecule has 4 rings (SSSR count). The quantitative estimate of drug-likeness (QED) is 0.475. The summed E-state index contributed by atoms with van der Waals surface area (Å²) in [6.07, 6.45) is 2.73. The van der Waals surface area contributed by atoms with Crippen LogP contribution in [0, 0.1) is 13.8 Å². The highest BCUT2D eigenvalue weighted by Crippen LogP contribution is 2.29. The average Bonchev–Trinajstić information content (AvgIpc) is 3.05. The standard InChI is InChI=1S/C24H22N2O2/c1-16-9-10-22-21(14-18-11-17(2)12-20(13-18)24(27)28-3)23(25-26(22)15-16)19-7-5-4-6-8-19/h4-13,15H,14H2,1-3H3. The number of fused-ring (bicyclic) bond motifs is 1. The summed E-state index contributed by atoms with van der Waals surface area (Å²) in [6.45, 7) is 4.06. The summed E-state index contributed by atoms with van der Waals surface area (Å²) in [6, 6.07) is 20.3. The number of esters is 1. The van der Waals surface area contributed by atoms with E-state index in [2.05, 4.69) is 37.3 Å². The van der Waals surface area contributed by atoms with Gasteiger partial charge in [0.1, 0.15) is 0 Å². The van der Waals surface area contributed by atoms with Gasteiger partial charge in [-0.2, -0.15) is 5.10 Å². The molecule has 2 aromatic carbocycles. The predicted molar refractivity (Wildman–Crippen MR) is 111 cm³/mol. The molecule has 0 aliphatic rings. The van der Waals surface area contributed by atoms with Crippen molar-refractivity contribution in [3.8, 4) is 11.3 Å². The number of hydrogen-bond donors (Lipinski definition) is 0. The number of methoxy groups -OCH3 is 1. The second-order valence-electron chi connectivity index (χ2n) is 7.11. The molecule has 0 bridgehead atoms. The summed E-state index contributed by atoms with van der Waals surface area (Å²) in [4.78, 5) is 12.0. The van der Waals surface area contributed by atoms with Crippen molar-refractivity contribution >= 4 is 11.5 Å². The molecule has 2 aromatic heterocycles. The second-order valence-corrected chi connectivity index (χ2v) is 7.11. The van der Waals surface area contributed by atoms with Gasteiger partial charge in [0.25, 0.3) is 0 Å². The van der Waals surface area contributed by atoms with Crippen LogP contribution in [0.15, 0.2) is 66.9 Å². The first-order chi connectivity index (χ1) is 13.5. The average molecular weight is 370 g/mol. The Hall–Kier alpha value is -3.40. The minimum atomic E-state index is -0.316. The van der Waals surface area contributed by atoms with Gasteiger partial charge in [-0.05, 0) is 48.7 Å². The van der Waals surface area contributed by atoms with Crippen LogP contribution >= 0.6 is 0 Å². The fourth-order valence-electron chi connectivity index (χ4n) is 3.61. The van der Waals surface area contributed by atoms with Gasteiger partial charge in [-0.1, -0.05) is 42.5 Å². The molecule has 0 radical (unpaired) electrons. The van der Waals surface area contributed by atoms with Crippen LogP contribution in [0.5, 0.6) is 0 Å². The summed E-state index contributed by atoms with van der Waals surface area (Å²) in [5, 5.41) is 4.86. The number of rotatable bonds is 4. The van der Waals surface area contributed by atoms with Crippen LogP contribution in [0.1, 0.15) is 32.6 Å². The van der Waals surface area contributed by atoms with Gasteiger partial charge in [0, 0.05) is 23.7 Å². The van der Waals surface area contributed by atoms with E-state index < -0.39 is 0 Å². The lowest BCUT2D eigenvalue weighted by atomic mass is 9.97. The first kappa shape index (κ1) is 18.0. The second kappa shape index (κ2) is 7.31. The molecule has 0 unspecified atom stereocenters. The van der Waals surface area contributed by atoms with Gasteiger partial charge in [0.05, 0.1) is 23.9 Å². The summed E-state index contributed by atoms with van der Waals surface area (Å²) < 4.78 is 6.85. The molecular formula is C24H22N2O2. The highest BCUT2D eigenvalue weighted by molar-refractivity contribution is 5.89. The van der Waals surface area contributed by atoms with E-state index in [4.69, 9.17) is 9.84 Å². The first-order valence-electron chi connectivity index (χ1n) is 9.27. The predicted octanol–water partition coefficient (Wildman–Crippen LogP) is 5.00. The van der Waals surface area contributed by atoms with Crippen molar-refractivity contribution in [2.24, 2.45) is 0 Å². The molecule has 0 atom stereocenters. The molecule has 0 amide bonds. The highest BCUT2D eigenvalue weighted by atomic mass is 16.5. The number of pyridine rings is 1. The van der Waals surface area contributed by atoms with Crippen LogP contribution in [0.4, 0.5) is 0 Å². The third kappa shape index (κ3) is 3.41. The number of hydrogen-bond acceptors (Lipinski definition) is 3.